The molecular formula is C18H14F4N6O4. The van der Waals surface area contributed by atoms with Crippen LogP contribution < -0.4 is 11.4 Å². The van der Waals surface area contributed by atoms with E-state index in [-0.39, 0.29) is 24.4 Å². The van der Waals surface area contributed by atoms with Gasteiger partial charge in [-0.15, -0.1) is 5.10 Å². The molecule has 0 atom stereocenters. The highest BCUT2D eigenvalue weighted by Gasteiger charge is 2.38. The van der Waals surface area contributed by atoms with Crippen LogP contribution in [0.1, 0.15) is 0 Å². The normalized spacial score (nSPS) is 12.1. The minimum absolute atomic E-state index is 0.0133. The first-order valence-electron chi connectivity index (χ1n) is 8.74. The molecule has 10 nitrogen and oxygen atoms in total. The van der Waals surface area contributed by atoms with Crippen LogP contribution in [0.3, 0.4) is 0 Å². The van der Waals surface area contributed by atoms with Gasteiger partial charge in [-0.3, -0.25) is 0 Å². The molecule has 0 aliphatic carbocycles. The van der Waals surface area contributed by atoms with Crippen molar-refractivity contribution in [1.82, 2.24) is 24.5 Å². The van der Waals surface area contributed by atoms with E-state index in [9.17, 15) is 22.4 Å². The highest BCUT2D eigenvalue weighted by molar-refractivity contribution is 5.80. The quantitative estimate of drug-likeness (QED) is 0.447. The number of carboxylic acid groups (broad SMARTS) is 1. The zero-order valence-corrected chi connectivity index (χ0v) is 16.0. The Morgan fingerprint density at radius 3 is 2.44 bits per heavy atom. The number of hydrogen-bond acceptors (Lipinski definition) is 7. The Morgan fingerprint density at radius 2 is 1.81 bits per heavy atom. The third-order valence-corrected chi connectivity index (χ3v) is 4.18. The molecule has 168 valence electrons. The lowest BCUT2D eigenvalue weighted by molar-refractivity contribution is -0.192. The number of pyridine rings is 1. The van der Waals surface area contributed by atoms with Crippen molar-refractivity contribution in [3.8, 4) is 11.1 Å². The standard InChI is InChI=1S/C16H13FN6O2.C2HF3O2/c17-6-10(7-18)8-23-16(24)22-9-12(2-4-15(22)19-23)11-1-3-13-14(5-11)21-25-20-13;3-2(4,5)1(6)7/h1-6,9H,7-8,18H2;(H,6,7)/b10-6+;. The number of carbonyl (C=O) groups is 1. The summed E-state index contributed by atoms with van der Waals surface area (Å²) in [6.07, 6.45) is -3.00. The van der Waals surface area contributed by atoms with Crippen LogP contribution in [0, 0.1) is 0 Å². The van der Waals surface area contributed by atoms with E-state index in [1.54, 1.807) is 18.3 Å². The van der Waals surface area contributed by atoms with Crippen molar-refractivity contribution in [3.05, 3.63) is 58.9 Å². The van der Waals surface area contributed by atoms with Crippen LogP contribution in [-0.4, -0.2) is 48.3 Å². The van der Waals surface area contributed by atoms with E-state index in [1.807, 2.05) is 18.2 Å². The molecule has 3 aromatic heterocycles. The summed E-state index contributed by atoms with van der Waals surface area (Å²) < 4.78 is 51.7. The summed E-state index contributed by atoms with van der Waals surface area (Å²) in [7, 11) is 0. The molecule has 0 spiro atoms. The van der Waals surface area contributed by atoms with Crippen molar-refractivity contribution in [2.75, 3.05) is 6.54 Å². The number of hydrogen-bond donors (Lipinski definition) is 2. The summed E-state index contributed by atoms with van der Waals surface area (Å²) in [6, 6.07) is 9.04. The lowest BCUT2D eigenvalue weighted by atomic mass is 10.1. The summed E-state index contributed by atoms with van der Waals surface area (Å²) in [4.78, 5) is 21.4. The van der Waals surface area contributed by atoms with Crippen LogP contribution in [0.5, 0.6) is 0 Å². The number of rotatable bonds is 4. The molecule has 3 heterocycles. The van der Waals surface area contributed by atoms with Gasteiger partial charge < -0.3 is 10.8 Å². The fraction of sp³-hybridized carbons (Fsp3) is 0.167. The Hall–Kier alpha value is -4.07. The number of halogens is 4. The lowest BCUT2D eigenvalue weighted by Crippen LogP contribution is -2.23. The molecule has 3 N–H and O–H groups in total. The summed E-state index contributed by atoms with van der Waals surface area (Å²) in [5.74, 6) is -2.76. The molecule has 0 radical (unpaired) electrons. The van der Waals surface area contributed by atoms with Gasteiger partial charge in [-0.25, -0.2) is 27.7 Å². The maximum absolute atomic E-state index is 12.7. The molecule has 32 heavy (non-hydrogen) atoms. The van der Waals surface area contributed by atoms with Gasteiger partial charge in [0.25, 0.3) is 0 Å². The van der Waals surface area contributed by atoms with Crippen LogP contribution in [0.4, 0.5) is 17.6 Å². The van der Waals surface area contributed by atoms with Gasteiger partial charge in [0.1, 0.15) is 11.0 Å². The molecule has 1 aromatic carbocycles. The van der Waals surface area contributed by atoms with E-state index in [2.05, 4.69) is 15.4 Å². The van der Waals surface area contributed by atoms with Gasteiger partial charge in [-0.2, -0.15) is 13.2 Å². The van der Waals surface area contributed by atoms with Gasteiger partial charge in [0, 0.05) is 12.7 Å². The van der Waals surface area contributed by atoms with Gasteiger partial charge in [-0.1, -0.05) is 6.07 Å². The number of nitrogens with two attached hydrogens (primary N) is 1. The first kappa shape index (κ1) is 22.6. The van der Waals surface area contributed by atoms with Gasteiger partial charge >= 0.3 is 17.8 Å². The third kappa shape index (κ3) is 4.80. The van der Waals surface area contributed by atoms with Crippen molar-refractivity contribution in [1.29, 1.82) is 0 Å². The second-order valence-electron chi connectivity index (χ2n) is 6.33. The minimum Gasteiger partial charge on any atom is -0.475 e. The number of aromatic nitrogens is 5. The van der Waals surface area contributed by atoms with Crippen molar-refractivity contribution in [2.45, 2.75) is 12.7 Å². The molecule has 0 saturated heterocycles. The van der Waals surface area contributed by atoms with Crippen LogP contribution in [0.2, 0.25) is 0 Å². The van der Waals surface area contributed by atoms with E-state index in [0.717, 1.165) is 11.1 Å². The molecule has 0 aliphatic heterocycles. The average Bonchev–Trinajstić information content (AvgIpc) is 3.35. The Labute approximate surface area is 175 Å². The number of nitrogens with zero attached hydrogens (tertiary/aromatic N) is 5. The summed E-state index contributed by atoms with van der Waals surface area (Å²) in [6.45, 7) is 0.0349. The number of aliphatic carboxylic acids is 1. The van der Waals surface area contributed by atoms with E-state index in [4.69, 9.17) is 20.3 Å². The predicted octanol–water partition coefficient (Wildman–Crippen LogP) is 2.14. The second kappa shape index (κ2) is 8.97. The molecule has 4 aromatic rings. The molecule has 0 unspecified atom stereocenters. The van der Waals surface area contributed by atoms with Crippen LogP contribution in [0.15, 0.2) is 57.9 Å². The zero-order valence-electron chi connectivity index (χ0n) is 16.0. The number of fused-ring (bicyclic) bond motifs is 2. The predicted molar refractivity (Wildman–Crippen MR) is 102 cm³/mol. The average molecular weight is 454 g/mol. The van der Waals surface area contributed by atoms with Crippen LogP contribution >= 0.6 is 0 Å². The zero-order chi connectivity index (χ0) is 23.5. The lowest BCUT2D eigenvalue weighted by Gasteiger charge is -2.01. The SMILES string of the molecule is NC/C(=C\F)Cn1nc2ccc(-c3ccc4nonc4c3)cn2c1=O.O=C(O)C(F)(F)F. The molecule has 14 heteroatoms. The smallest absolute Gasteiger partial charge is 0.475 e. The first-order valence-corrected chi connectivity index (χ1v) is 8.74. The van der Waals surface area contributed by atoms with Crippen LogP contribution in [-0.2, 0) is 11.3 Å². The highest BCUT2D eigenvalue weighted by atomic mass is 19.4. The monoisotopic (exact) mass is 454 g/mol. The van der Waals surface area contributed by atoms with Gasteiger partial charge in [0.15, 0.2) is 5.65 Å². The second-order valence-corrected chi connectivity index (χ2v) is 6.33. The van der Waals surface area contributed by atoms with E-state index < -0.39 is 12.1 Å². The van der Waals surface area contributed by atoms with Crippen molar-refractivity contribution < 1.29 is 32.1 Å². The largest absolute Gasteiger partial charge is 0.490 e. The summed E-state index contributed by atoms with van der Waals surface area (Å²) in [5.41, 5.74) is 8.76. The Kier molecular flexibility index (Phi) is 6.34. The maximum atomic E-state index is 12.7. The molecule has 0 aliphatic rings. The number of benzene rings is 1. The van der Waals surface area contributed by atoms with E-state index in [0.29, 0.717) is 23.0 Å². The number of alkyl halides is 3. The van der Waals surface area contributed by atoms with Crippen molar-refractivity contribution >= 4 is 22.6 Å². The van der Waals surface area contributed by atoms with Crippen molar-refractivity contribution in [3.63, 3.8) is 0 Å². The molecule has 0 fully saturated rings. The Morgan fingerprint density at radius 1 is 1.16 bits per heavy atom. The van der Waals surface area contributed by atoms with Gasteiger partial charge in [0.2, 0.25) is 0 Å². The molecule has 0 saturated carbocycles. The minimum atomic E-state index is -5.08. The Bertz CT molecular complexity index is 1360. The van der Waals surface area contributed by atoms with Gasteiger partial charge in [-0.05, 0) is 51.3 Å². The Balaban J connectivity index is 0.000000360. The third-order valence-electron chi connectivity index (χ3n) is 4.18. The van der Waals surface area contributed by atoms with Crippen molar-refractivity contribution in [2.24, 2.45) is 5.73 Å². The molecule has 0 bridgehead atoms. The van der Waals surface area contributed by atoms with Gasteiger partial charge in [0.05, 0.1) is 12.9 Å². The topological polar surface area (TPSA) is 142 Å². The maximum Gasteiger partial charge on any atom is 0.490 e. The summed E-state index contributed by atoms with van der Waals surface area (Å²) in [5, 5.41) is 18.9. The molecule has 0 amide bonds. The fourth-order valence-corrected chi connectivity index (χ4v) is 2.59. The highest BCUT2D eigenvalue weighted by Crippen LogP contribution is 2.22. The first-order chi connectivity index (χ1) is 15.1. The molecular weight excluding hydrogens is 440 g/mol. The van der Waals surface area contributed by atoms with E-state index >= 15 is 0 Å². The van der Waals surface area contributed by atoms with Crippen LogP contribution in [0.25, 0.3) is 27.8 Å². The summed E-state index contributed by atoms with van der Waals surface area (Å²) >= 11 is 0. The number of carboxylic acids is 1. The van der Waals surface area contributed by atoms with E-state index in [1.165, 1.54) is 9.08 Å². The molecule has 4 rings (SSSR count). The fourth-order valence-electron chi connectivity index (χ4n) is 2.59.